The van der Waals surface area contributed by atoms with Gasteiger partial charge in [-0.05, 0) is 57.4 Å². The van der Waals surface area contributed by atoms with E-state index in [2.05, 4.69) is 10.6 Å². The van der Waals surface area contributed by atoms with Crippen LogP contribution in [-0.2, 0) is 25.6 Å². The molecule has 188 valence electrons. The smallest absolute Gasteiger partial charge is 0.407 e. The van der Waals surface area contributed by atoms with Crippen molar-refractivity contribution in [2.45, 2.75) is 71.1 Å². The first kappa shape index (κ1) is 26.9. The van der Waals surface area contributed by atoms with Crippen LogP contribution in [-0.4, -0.2) is 65.8 Å². The zero-order chi connectivity index (χ0) is 25.3. The lowest BCUT2D eigenvalue weighted by atomic mass is 10.1. The number of alkyl carbamates (subject to hydrolysis) is 1. The Morgan fingerprint density at radius 3 is 2.53 bits per heavy atom. The van der Waals surface area contributed by atoms with Crippen LogP contribution in [0.2, 0.25) is 0 Å². The monoisotopic (exact) mass is 477 g/mol. The number of hydrogen-bond donors (Lipinski definition) is 3. The average Bonchev–Trinajstić information content (AvgIpc) is 2.87. The lowest BCUT2D eigenvalue weighted by Crippen LogP contribution is -2.42. The fourth-order valence-electron chi connectivity index (χ4n) is 3.62. The molecule has 0 aromatic heterocycles. The van der Waals surface area contributed by atoms with Crippen molar-refractivity contribution in [2.24, 2.45) is 0 Å². The van der Waals surface area contributed by atoms with Crippen LogP contribution in [0.15, 0.2) is 18.2 Å². The highest BCUT2D eigenvalue weighted by Gasteiger charge is 2.31. The molecule has 2 amide bonds. The van der Waals surface area contributed by atoms with Crippen LogP contribution in [0.25, 0.3) is 0 Å². The van der Waals surface area contributed by atoms with Gasteiger partial charge >= 0.3 is 18.0 Å². The van der Waals surface area contributed by atoms with Crippen molar-refractivity contribution in [3.05, 3.63) is 29.3 Å². The third kappa shape index (κ3) is 8.57. The van der Waals surface area contributed by atoms with Gasteiger partial charge in [-0.3, -0.25) is 9.59 Å². The maximum Gasteiger partial charge on any atom is 0.407 e. The Kier molecular flexibility index (Phi) is 9.70. The number of aromatic carboxylic acids is 1. The van der Waals surface area contributed by atoms with E-state index >= 15 is 0 Å². The van der Waals surface area contributed by atoms with Gasteiger partial charge in [0.1, 0.15) is 11.6 Å². The van der Waals surface area contributed by atoms with Gasteiger partial charge in [-0.15, -0.1) is 0 Å². The SMILES string of the molecule is COC(=O)CC1Nc2ccc(C(=O)O)cc2CN(CCCCCCNC(=O)OC(C)(C)C)C1=O. The van der Waals surface area contributed by atoms with E-state index in [0.717, 1.165) is 25.7 Å². The van der Waals surface area contributed by atoms with E-state index in [1.54, 1.807) is 17.0 Å². The van der Waals surface area contributed by atoms with Gasteiger partial charge in [0.15, 0.2) is 0 Å². The topological polar surface area (TPSA) is 134 Å². The Bertz CT molecular complexity index is 895. The predicted molar refractivity (Wildman–Crippen MR) is 126 cm³/mol. The molecular formula is C24H35N3O7. The summed E-state index contributed by atoms with van der Waals surface area (Å²) in [5, 5.41) is 15.1. The van der Waals surface area contributed by atoms with Crippen molar-refractivity contribution in [1.29, 1.82) is 0 Å². The number of methoxy groups -OCH3 is 1. The van der Waals surface area contributed by atoms with Gasteiger partial charge in [0.25, 0.3) is 0 Å². The van der Waals surface area contributed by atoms with Crippen molar-refractivity contribution in [3.63, 3.8) is 0 Å². The third-order valence-electron chi connectivity index (χ3n) is 5.27. The summed E-state index contributed by atoms with van der Waals surface area (Å²) in [7, 11) is 1.27. The zero-order valence-corrected chi connectivity index (χ0v) is 20.3. The molecule has 0 saturated heterocycles. The van der Waals surface area contributed by atoms with Crippen LogP contribution in [0, 0.1) is 0 Å². The summed E-state index contributed by atoms with van der Waals surface area (Å²) in [5.74, 6) is -1.78. The number of esters is 1. The summed E-state index contributed by atoms with van der Waals surface area (Å²) in [6, 6.07) is 3.85. The Morgan fingerprint density at radius 2 is 1.88 bits per heavy atom. The Morgan fingerprint density at radius 1 is 1.18 bits per heavy atom. The maximum absolute atomic E-state index is 13.1. The number of benzene rings is 1. The Balaban J connectivity index is 1.92. The van der Waals surface area contributed by atoms with Gasteiger partial charge in [0.2, 0.25) is 5.91 Å². The standard InChI is InChI=1S/C24H35N3O7/c1-24(2,3)34-23(32)25-11-7-5-6-8-12-27-15-17-13-16(22(30)31)9-10-18(17)26-19(21(27)29)14-20(28)33-4/h9-10,13,19,26H,5-8,11-12,14-15H2,1-4H3,(H,25,32)(H,30,31). The number of amides is 2. The quantitative estimate of drug-likeness (QED) is 0.346. The van der Waals surface area contributed by atoms with Crippen LogP contribution in [0.5, 0.6) is 0 Å². The van der Waals surface area contributed by atoms with Gasteiger partial charge in [0.05, 0.1) is 19.1 Å². The first-order chi connectivity index (χ1) is 16.0. The number of ether oxygens (including phenoxy) is 2. The minimum Gasteiger partial charge on any atom is -0.478 e. The Labute approximate surface area is 200 Å². The van der Waals surface area contributed by atoms with E-state index in [1.165, 1.54) is 13.2 Å². The first-order valence-electron chi connectivity index (χ1n) is 11.5. The van der Waals surface area contributed by atoms with Crippen molar-refractivity contribution in [1.82, 2.24) is 10.2 Å². The minimum atomic E-state index is -1.05. The molecule has 10 nitrogen and oxygen atoms in total. The van der Waals surface area contributed by atoms with E-state index < -0.39 is 29.7 Å². The molecular weight excluding hydrogens is 442 g/mol. The predicted octanol–water partition coefficient (Wildman–Crippen LogP) is 3.16. The van der Waals surface area contributed by atoms with Gasteiger partial charge in [-0.25, -0.2) is 9.59 Å². The van der Waals surface area contributed by atoms with Crippen molar-refractivity contribution < 1.29 is 33.8 Å². The van der Waals surface area contributed by atoms with Crippen LogP contribution < -0.4 is 10.6 Å². The second-order valence-electron chi connectivity index (χ2n) is 9.26. The van der Waals surface area contributed by atoms with Crippen molar-refractivity contribution >= 4 is 29.6 Å². The lowest BCUT2D eigenvalue weighted by Gasteiger charge is -2.24. The zero-order valence-electron chi connectivity index (χ0n) is 20.3. The molecule has 3 N–H and O–H groups in total. The second kappa shape index (κ2) is 12.2. The van der Waals surface area contributed by atoms with E-state index in [4.69, 9.17) is 9.47 Å². The summed E-state index contributed by atoms with van der Waals surface area (Å²) in [6.07, 6.45) is 2.66. The largest absolute Gasteiger partial charge is 0.478 e. The molecule has 0 radical (unpaired) electrons. The lowest BCUT2D eigenvalue weighted by molar-refractivity contribution is -0.144. The van der Waals surface area contributed by atoms with E-state index in [1.807, 2.05) is 20.8 Å². The van der Waals surface area contributed by atoms with Gasteiger partial charge in [-0.1, -0.05) is 12.8 Å². The molecule has 34 heavy (non-hydrogen) atoms. The Hall–Kier alpha value is -3.30. The van der Waals surface area contributed by atoms with E-state index in [9.17, 15) is 24.3 Å². The van der Waals surface area contributed by atoms with E-state index in [0.29, 0.717) is 24.3 Å². The molecule has 1 atom stereocenters. The number of anilines is 1. The summed E-state index contributed by atoms with van der Waals surface area (Å²) in [5.41, 5.74) is 0.913. The number of nitrogens with one attached hydrogen (secondary N) is 2. The van der Waals surface area contributed by atoms with Gasteiger partial charge in [0, 0.05) is 25.3 Å². The molecule has 1 aliphatic heterocycles. The van der Waals surface area contributed by atoms with Crippen molar-refractivity contribution in [2.75, 3.05) is 25.5 Å². The molecule has 0 aliphatic carbocycles. The molecule has 0 saturated carbocycles. The number of rotatable bonds is 10. The molecule has 1 aromatic carbocycles. The molecule has 1 aromatic rings. The van der Waals surface area contributed by atoms with Crippen LogP contribution >= 0.6 is 0 Å². The molecule has 2 rings (SSSR count). The highest BCUT2D eigenvalue weighted by atomic mass is 16.6. The number of fused-ring (bicyclic) bond motifs is 1. The fourth-order valence-corrected chi connectivity index (χ4v) is 3.62. The highest BCUT2D eigenvalue weighted by Crippen LogP contribution is 2.26. The number of carbonyl (C=O) groups excluding carboxylic acids is 3. The summed E-state index contributed by atoms with van der Waals surface area (Å²) >= 11 is 0. The fraction of sp³-hybridized carbons (Fsp3) is 0.583. The first-order valence-corrected chi connectivity index (χ1v) is 11.5. The number of carboxylic acid groups (broad SMARTS) is 1. The van der Waals surface area contributed by atoms with Gasteiger partial charge < -0.3 is 30.1 Å². The number of nitrogens with zero attached hydrogens (tertiary/aromatic N) is 1. The number of carbonyl (C=O) groups is 4. The maximum atomic E-state index is 13.1. The third-order valence-corrected chi connectivity index (χ3v) is 5.27. The second-order valence-corrected chi connectivity index (χ2v) is 9.26. The summed E-state index contributed by atoms with van der Waals surface area (Å²) in [6.45, 7) is 6.65. The molecule has 1 heterocycles. The minimum absolute atomic E-state index is 0.123. The normalized spacial score (nSPS) is 15.6. The van der Waals surface area contributed by atoms with Crippen LogP contribution in [0.1, 0.15) is 68.8 Å². The summed E-state index contributed by atoms with van der Waals surface area (Å²) in [4.78, 5) is 49.6. The molecule has 10 heteroatoms. The molecule has 0 spiro atoms. The van der Waals surface area contributed by atoms with Gasteiger partial charge in [-0.2, -0.15) is 0 Å². The number of carboxylic acids is 1. The number of unbranched alkanes of at least 4 members (excludes halogenated alkanes) is 3. The van der Waals surface area contributed by atoms with Crippen LogP contribution in [0.4, 0.5) is 10.5 Å². The summed E-state index contributed by atoms with van der Waals surface area (Å²) < 4.78 is 9.93. The van der Waals surface area contributed by atoms with Crippen molar-refractivity contribution in [3.8, 4) is 0 Å². The molecule has 1 unspecified atom stereocenters. The molecule has 1 aliphatic rings. The number of hydrogen-bond acceptors (Lipinski definition) is 7. The average molecular weight is 478 g/mol. The van der Waals surface area contributed by atoms with E-state index in [-0.39, 0.29) is 24.4 Å². The van der Waals surface area contributed by atoms with Crippen LogP contribution in [0.3, 0.4) is 0 Å². The molecule has 0 bridgehead atoms. The highest BCUT2D eigenvalue weighted by molar-refractivity contribution is 5.92. The molecule has 0 fully saturated rings.